The van der Waals surface area contributed by atoms with Crippen molar-refractivity contribution in [2.45, 2.75) is 96.9 Å². The molecule has 0 atom stereocenters. The van der Waals surface area contributed by atoms with E-state index in [1.54, 1.807) is 10.9 Å². The van der Waals surface area contributed by atoms with Crippen LogP contribution in [0.15, 0.2) is 30.5 Å². The van der Waals surface area contributed by atoms with Gasteiger partial charge in [0.25, 0.3) is 0 Å². The predicted octanol–water partition coefficient (Wildman–Crippen LogP) is 5.90. The van der Waals surface area contributed by atoms with E-state index < -0.39 is 12.1 Å². The number of anilines is 3. The number of carbonyl (C=O) groups excluding carboxylic acids is 2. The number of ether oxygens (including phenoxy) is 1. The molecule has 49 heavy (non-hydrogen) atoms. The number of alkyl halides is 3. The Kier molecular flexibility index (Phi) is 14.2. The maximum Gasteiger partial charge on any atom is 0.471 e. The molecule has 4 rings (SSSR count). The summed E-state index contributed by atoms with van der Waals surface area (Å²) in [4.78, 5) is 33.2. The molecule has 1 saturated heterocycles. The third kappa shape index (κ3) is 10.6. The number of unbranched alkanes of at least 4 members (excludes halogenated alkanes) is 4. The lowest BCUT2D eigenvalue weighted by Crippen LogP contribution is -2.41. The van der Waals surface area contributed by atoms with Gasteiger partial charge in [0.05, 0.1) is 30.4 Å². The van der Waals surface area contributed by atoms with Crippen LogP contribution in [-0.2, 0) is 33.8 Å². The maximum atomic E-state index is 14.1. The molecule has 3 aromatic rings. The molecule has 0 radical (unpaired) electrons. The molecule has 14 heteroatoms. The second-order valence-electron chi connectivity index (χ2n) is 12.5. The Morgan fingerprint density at radius 1 is 1.04 bits per heavy atom. The molecule has 1 fully saturated rings. The molecule has 0 saturated carbocycles. The number of nitrogens with one attached hydrogen (secondary N) is 2. The average molecular weight is 690 g/mol. The number of benzene rings is 1. The van der Waals surface area contributed by atoms with Gasteiger partial charge in [-0.25, -0.2) is 9.67 Å². The molecule has 0 bridgehead atoms. The Morgan fingerprint density at radius 3 is 2.39 bits per heavy atom. The molecule has 2 amide bonds. The van der Waals surface area contributed by atoms with Crippen LogP contribution in [0.25, 0.3) is 11.0 Å². The molecule has 1 aliphatic rings. The van der Waals surface area contributed by atoms with Crippen LogP contribution in [0.2, 0.25) is 0 Å². The Labute approximate surface area is 286 Å². The van der Waals surface area contributed by atoms with Gasteiger partial charge in [0.15, 0.2) is 5.65 Å². The van der Waals surface area contributed by atoms with Crippen LogP contribution in [-0.4, -0.2) is 88.8 Å². The highest BCUT2D eigenvalue weighted by Gasteiger charge is 2.43. The summed E-state index contributed by atoms with van der Waals surface area (Å²) >= 11 is 0. The Balaban J connectivity index is 1.50. The van der Waals surface area contributed by atoms with Crippen molar-refractivity contribution in [3.8, 4) is 0 Å². The third-order valence-corrected chi connectivity index (χ3v) is 8.87. The molecule has 3 heterocycles. The number of likely N-dealkylation sites (N-methyl/N-ethyl adjacent to an activating group) is 1. The number of aryl methyl sites for hydroxylation is 2. The molecule has 3 N–H and O–H groups in total. The van der Waals surface area contributed by atoms with Crippen molar-refractivity contribution in [3.63, 3.8) is 0 Å². The lowest BCUT2D eigenvalue weighted by molar-refractivity contribution is -0.170. The number of aliphatic hydroxyl groups excluding tert-OH is 1. The number of pyridine rings is 1. The lowest BCUT2D eigenvalue weighted by Gasteiger charge is -2.29. The lowest BCUT2D eigenvalue weighted by atomic mass is 10.0. The summed E-state index contributed by atoms with van der Waals surface area (Å²) in [5.41, 5.74) is 2.83. The van der Waals surface area contributed by atoms with Gasteiger partial charge in [-0.3, -0.25) is 9.59 Å². The Bertz CT molecular complexity index is 1510. The van der Waals surface area contributed by atoms with Crippen molar-refractivity contribution in [1.29, 1.82) is 0 Å². The van der Waals surface area contributed by atoms with E-state index in [1.165, 1.54) is 24.3 Å². The zero-order chi connectivity index (χ0) is 35.4. The van der Waals surface area contributed by atoms with Gasteiger partial charge in [0, 0.05) is 61.4 Å². The number of carbonyl (C=O) groups is 2. The standard InChI is InChI=1S/C35H50F3N7O4/c1-4-30-29(32(41-26-16-21-49-22-17-26)28-23-39-45(5-2)33(28)42-30)24-44(34(48)35(36,37)38)27-14-12-25(13-15-27)40-31(47)11-9-7-6-8-10-18-43(3)19-20-46/h12-15,23,26,46H,4-11,16-22,24H2,1-3H3,(H,40,47)(H,41,42). The summed E-state index contributed by atoms with van der Waals surface area (Å²) in [5, 5.41) is 20.5. The second kappa shape index (κ2) is 18.3. The van der Waals surface area contributed by atoms with Gasteiger partial charge in [-0.1, -0.05) is 26.2 Å². The molecule has 1 aromatic carbocycles. The van der Waals surface area contributed by atoms with E-state index in [0.717, 1.165) is 56.4 Å². The smallest absolute Gasteiger partial charge is 0.395 e. The van der Waals surface area contributed by atoms with Crippen molar-refractivity contribution in [2.24, 2.45) is 0 Å². The van der Waals surface area contributed by atoms with Gasteiger partial charge < -0.3 is 30.3 Å². The number of halogens is 3. The van der Waals surface area contributed by atoms with E-state index in [9.17, 15) is 22.8 Å². The molecular formula is C35H50F3N7O4. The highest BCUT2D eigenvalue weighted by Crippen LogP contribution is 2.35. The van der Waals surface area contributed by atoms with Crippen LogP contribution in [0.3, 0.4) is 0 Å². The van der Waals surface area contributed by atoms with E-state index in [0.29, 0.717) is 72.8 Å². The van der Waals surface area contributed by atoms with Gasteiger partial charge in [0.1, 0.15) is 0 Å². The fraction of sp³-hybridized carbons (Fsp3) is 0.600. The van der Waals surface area contributed by atoms with Gasteiger partial charge >= 0.3 is 12.1 Å². The number of hydrogen-bond acceptors (Lipinski definition) is 8. The first-order chi connectivity index (χ1) is 23.5. The highest BCUT2D eigenvalue weighted by molar-refractivity contribution is 5.99. The van der Waals surface area contributed by atoms with Crippen molar-refractivity contribution in [2.75, 3.05) is 55.5 Å². The van der Waals surface area contributed by atoms with E-state index >= 15 is 0 Å². The van der Waals surface area contributed by atoms with Gasteiger partial charge in [-0.2, -0.15) is 18.3 Å². The SMILES string of the molecule is CCc1nc2c(cnn2CC)c(NC2CCOCC2)c1CN(C(=O)C(F)(F)F)c1ccc(NC(=O)CCCCCCCN(C)CCO)cc1. The monoisotopic (exact) mass is 689 g/mol. The van der Waals surface area contributed by atoms with E-state index in [-0.39, 0.29) is 30.8 Å². The molecule has 2 aromatic heterocycles. The van der Waals surface area contributed by atoms with Crippen LogP contribution in [0.1, 0.15) is 76.5 Å². The summed E-state index contributed by atoms with van der Waals surface area (Å²) in [6.45, 7) is 6.91. The fourth-order valence-corrected chi connectivity index (χ4v) is 6.10. The molecule has 1 aliphatic heterocycles. The molecular weight excluding hydrogens is 639 g/mol. The maximum absolute atomic E-state index is 14.1. The fourth-order valence-electron chi connectivity index (χ4n) is 6.10. The molecule has 0 aliphatic carbocycles. The zero-order valence-corrected chi connectivity index (χ0v) is 28.8. The largest absolute Gasteiger partial charge is 0.471 e. The van der Waals surface area contributed by atoms with Crippen LogP contribution in [0.4, 0.5) is 30.2 Å². The second-order valence-corrected chi connectivity index (χ2v) is 12.5. The molecule has 0 unspecified atom stereocenters. The first-order valence-electron chi connectivity index (χ1n) is 17.3. The van der Waals surface area contributed by atoms with Crippen molar-refractivity contribution < 1.29 is 32.6 Å². The summed E-state index contributed by atoms with van der Waals surface area (Å²) in [6, 6.07) is 5.91. The third-order valence-electron chi connectivity index (χ3n) is 8.87. The minimum Gasteiger partial charge on any atom is -0.395 e. The zero-order valence-electron chi connectivity index (χ0n) is 28.8. The van der Waals surface area contributed by atoms with Crippen molar-refractivity contribution >= 4 is 39.9 Å². The predicted molar refractivity (Wildman–Crippen MR) is 185 cm³/mol. The Hall–Kier alpha value is -3.75. The van der Waals surface area contributed by atoms with Crippen LogP contribution in [0.5, 0.6) is 0 Å². The summed E-state index contributed by atoms with van der Waals surface area (Å²) in [7, 11) is 1.98. The van der Waals surface area contributed by atoms with Gasteiger partial charge in [0.2, 0.25) is 5.91 Å². The number of amides is 2. The quantitative estimate of drug-likeness (QED) is 0.141. The first kappa shape index (κ1) is 38.1. The number of nitrogens with zero attached hydrogens (tertiary/aromatic N) is 5. The van der Waals surface area contributed by atoms with Gasteiger partial charge in [-0.05, 0) is 76.9 Å². The molecule has 0 spiro atoms. The summed E-state index contributed by atoms with van der Waals surface area (Å²) in [6.07, 6.45) is 3.51. The van der Waals surface area contributed by atoms with Crippen LogP contribution < -0.4 is 15.5 Å². The summed E-state index contributed by atoms with van der Waals surface area (Å²) < 4.78 is 49.5. The minimum atomic E-state index is -5.12. The van der Waals surface area contributed by atoms with Crippen molar-refractivity contribution in [1.82, 2.24) is 19.7 Å². The molecule has 270 valence electrons. The average Bonchev–Trinajstić information content (AvgIpc) is 3.50. The first-order valence-corrected chi connectivity index (χ1v) is 17.3. The van der Waals surface area contributed by atoms with Crippen LogP contribution in [0, 0.1) is 0 Å². The summed E-state index contributed by atoms with van der Waals surface area (Å²) in [5.74, 6) is -2.17. The van der Waals surface area contributed by atoms with E-state index in [1.807, 2.05) is 20.9 Å². The highest BCUT2D eigenvalue weighted by atomic mass is 19.4. The number of aliphatic hydroxyl groups is 1. The van der Waals surface area contributed by atoms with E-state index in [4.69, 9.17) is 14.8 Å². The Morgan fingerprint density at radius 2 is 1.73 bits per heavy atom. The minimum absolute atomic E-state index is 0.0341. The van der Waals surface area contributed by atoms with Crippen LogP contribution >= 0.6 is 0 Å². The number of rotatable bonds is 18. The van der Waals surface area contributed by atoms with Gasteiger partial charge in [-0.15, -0.1) is 0 Å². The number of hydrogen-bond donors (Lipinski definition) is 3. The number of aromatic nitrogens is 3. The molecule has 11 nitrogen and oxygen atoms in total. The van der Waals surface area contributed by atoms with E-state index in [2.05, 4.69) is 20.6 Å². The topological polar surface area (TPSA) is 125 Å². The number of fused-ring (bicyclic) bond motifs is 1. The van der Waals surface area contributed by atoms with Crippen molar-refractivity contribution in [3.05, 3.63) is 41.7 Å². The normalized spacial score (nSPS) is 14.0.